The van der Waals surface area contributed by atoms with Crippen molar-refractivity contribution < 1.29 is 9.39 Å². The van der Waals surface area contributed by atoms with E-state index in [1.54, 1.807) is 7.11 Å². The molecule has 1 aliphatic heterocycles. The van der Waals surface area contributed by atoms with Crippen molar-refractivity contribution in [2.24, 2.45) is 5.41 Å². The number of rotatable bonds is 3. The van der Waals surface area contributed by atoms with Crippen LogP contribution in [0.3, 0.4) is 0 Å². The first-order valence-corrected chi connectivity index (χ1v) is 7.44. The van der Waals surface area contributed by atoms with Crippen LogP contribution in [0.1, 0.15) is 38.8 Å². The van der Waals surface area contributed by atoms with E-state index in [2.05, 4.69) is 39.8 Å². The Morgan fingerprint density at radius 2 is 2.00 bits per heavy atom. The van der Waals surface area contributed by atoms with E-state index in [0.29, 0.717) is 6.42 Å². The van der Waals surface area contributed by atoms with Crippen LogP contribution in [-0.2, 0) is 11.1 Å². The standard InChI is InChI=1S/C17H24BNO2/c1-12-9-13(7-8-19)15(14(10-12)20-6)18-11-16(2,3)17(4,5)21-18/h9-10H,7,11H2,1-6H3. The van der Waals surface area contributed by atoms with Crippen LogP contribution in [0.2, 0.25) is 6.32 Å². The van der Waals surface area contributed by atoms with E-state index < -0.39 is 0 Å². The molecule has 0 bridgehead atoms. The third-order valence-corrected chi connectivity index (χ3v) is 4.95. The molecule has 2 rings (SSSR count). The van der Waals surface area contributed by atoms with E-state index in [9.17, 15) is 0 Å². The van der Waals surface area contributed by atoms with Gasteiger partial charge in [0, 0.05) is 0 Å². The summed E-state index contributed by atoms with van der Waals surface area (Å²) >= 11 is 0. The Morgan fingerprint density at radius 1 is 1.33 bits per heavy atom. The Bertz CT molecular complexity index is 571. The molecule has 1 aromatic carbocycles. The summed E-state index contributed by atoms with van der Waals surface area (Å²) in [6, 6.07) is 6.35. The van der Waals surface area contributed by atoms with Crippen LogP contribution in [0.4, 0.5) is 0 Å². The van der Waals surface area contributed by atoms with Crippen molar-refractivity contribution in [3.05, 3.63) is 23.3 Å². The van der Waals surface area contributed by atoms with Crippen molar-refractivity contribution in [3.8, 4) is 11.8 Å². The first-order valence-electron chi connectivity index (χ1n) is 7.44. The average Bonchev–Trinajstić information content (AvgIpc) is 2.57. The molecular weight excluding hydrogens is 261 g/mol. The average molecular weight is 285 g/mol. The lowest BCUT2D eigenvalue weighted by Crippen LogP contribution is -2.37. The summed E-state index contributed by atoms with van der Waals surface area (Å²) < 4.78 is 11.9. The topological polar surface area (TPSA) is 42.2 Å². The minimum Gasteiger partial charge on any atom is -0.497 e. The Labute approximate surface area is 128 Å². The highest BCUT2D eigenvalue weighted by atomic mass is 16.5. The molecule has 3 nitrogen and oxygen atoms in total. The fourth-order valence-corrected chi connectivity index (χ4v) is 3.03. The fraction of sp³-hybridized carbons (Fsp3) is 0.588. The summed E-state index contributed by atoms with van der Waals surface area (Å²) in [6.07, 6.45) is 1.31. The summed E-state index contributed by atoms with van der Waals surface area (Å²) in [5.74, 6) is 0.832. The van der Waals surface area contributed by atoms with E-state index >= 15 is 0 Å². The number of hydrogen-bond acceptors (Lipinski definition) is 3. The van der Waals surface area contributed by atoms with Gasteiger partial charge >= 0.3 is 6.92 Å². The molecule has 1 saturated heterocycles. The maximum absolute atomic E-state index is 9.12. The zero-order valence-corrected chi connectivity index (χ0v) is 13.9. The second-order valence-corrected chi connectivity index (χ2v) is 7.08. The van der Waals surface area contributed by atoms with Gasteiger partial charge in [-0.05, 0) is 55.2 Å². The molecule has 21 heavy (non-hydrogen) atoms. The molecule has 0 N–H and O–H groups in total. The third-order valence-electron chi connectivity index (χ3n) is 4.95. The predicted molar refractivity (Wildman–Crippen MR) is 86.2 cm³/mol. The summed E-state index contributed by atoms with van der Waals surface area (Å²) in [4.78, 5) is 0. The Balaban J connectivity index is 2.51. The zero-order chi connectivity index (χ0) is 15.8. The zero-order valence-electron chi connectivity index (χ0n) is 13.9. The lowest BCUT2D eigenvalue weighted by Gasteiger charge is -2.34. The van der Waals surface area contributed by atoms with E-state index in [-0.39, 0.29) is 17.9 Å². The van der Waals surface area contributed by atoms with Crippen LogP contribution >= 0.6 is 0 Å². The minimum atomic E-state index is -0.197. The second-order valence-electron chi connectivity index (χ2n) is 7.08. The monoisotopic (exact) mass is 285 g/mol. The quantitative estimate of drug-likeness (QED) is 0.801. The normalized spacial score (nSPS) is 19.4. The van der Waals surface area contributed by atoms with Gasteiger partial charge in [-0.2, -0.15) is 5.26 Å². The molecule has 1 fully saturated rings. The van der Waals surface area contributed by atoms with Crippen molar-refractivity contribution in [1.82, 2.24) is 0 Å². The SMILES string of the molecule is COc1cc(C)cc(CC#N)c1B1CC(C)(C)C(C)(C)O1. The van der Waals surface area contributed by atoms with Gasteiger partial charge < -0.3 is 9.39 Å². The third kappa shape index (κ3) is 2.80. The molecule has 4 heteroatoms. The number of ether oxygens (including phenoxy) is 1. The lowest BCUT2D eigenvalue weighted by molar-refractivity contribution is 0.0375. The molecule has 1 heterocycles. The molecule has 0 amide bonds. The van der Waals surface area contributed by atoms with Crippen molar-refractivity contribution in [3.63, 3.8) is 0 Å². The first-order chi connectivity index (χ1) is 9.71. The smallest absolute Gasteiger partial charge is 0.331 e. The van der Waals surface area contributed by atoms with Crippen LogP contribution in [0, 0.1) is 23.7 Å². The molecule has 0 atom stereocenters. The highest BCUT2D eigenvalue weighted by Gasteiger charge is 2.51. The number of hydrogen-bond donors (Lipinski definition) is 0. The summed E-state index contributed by atoms with van der Waals surface area (Å²) in [5.41, 5.74) is 3.06. The molecule has 0 unspecified atom stereocenters. The minimum absolute atomic E-state index is 0.0195. The van der Waals surface area contributed by atoms with Crippen LogP contribution < -0.4 is 10.2 Å². The number of nitrogens with zero attached hydrogens (tertiary/aromatic N) is 1. The van der Waals surface area contributed by atoms with Crippen molar-refractivity contribution in [2.45, 2.75) is 53.0 Å². The maximum Gasteiger partial charge on any atom is 0.331 e. The summed E-state index contributed by atoms with van der Waals surface area (Å²) in [6.45, 7) is 10.7. The molecule has 0 spiro atoms. The van der Waals surface area contributed by atoms with Crippen LogP contribution in [-0.4, -0.2) is 19.6 Å². The number of methoxy groups -OCH3 is 1. The van der Waals surface area contributed by atoms with E-state index in [1.807, 2.05) is 13.0 Å². The molecule has 0 aromatic heterocycles. The van der Waals surface area contributed by atoms with E-state index in [0.717, 1.165) is 28.7 Å². The number of aryl methyl sites for hydroxylation is 1. The van der Waals surface area contributed by atoms with Gasteiger partial charge in [-0.15, -0.1) is 0 Å². The van der Waals surface area contributed by atoms with Gasteiger partial charge in [0.05, 0.1) is 25.2 Å². The highest BCUT2D eigenvalue weighted by molar-refractivity contribution is 6.69. The Morgan fingerprint density at radius 3 is 2.48 bits per heavy atom. The van der Waals surface area contributed by atoms with Crippen molar-refractivity contribution in [2.75, 3.05) is 7.11 Å². The van der Waals surface area contributed by atoms with Gasteiger partial charge in [0.1, 0.15) is 5.75 Å². The number of benzene rings is 1. The van der Waals surface area contributed by atoms with Gasteiger partial charge in [0.25, 0.3) is 0 Å². The first kappa shape index (κ1) is 15.9. The molecular formula is C17H24BNO2. The van der Waals surface area contributed by atoms with Gasteiger partial charge in [-0.1, -0.05) is 19.9 Å². The van der Waals surface area contributed by atoms with Crippen molar-refractivity contribution >= 4 is 12.4 Å². The van der Waals surface area contributed by atoms with E-state index in [4.69, 9.17) is 14.7 Å². The lowest BCUT2D eigenvalue weighted by atomic mass is 9.52. The van der Waals surface area contributed by atoms with Gasteiger partial charge in [-0.25, -0.2) is 0 Å². The Hall–Kier alpha value is -1.47. The Kier molecular flexibility index (Phi) is 4.08. The van der Waals surface area contributed by atoms with Crippen LogP contribution in [0.25, 0.3) is 0 Å². The summed E-state index contributed by atoms with van der Waals surface area (Å²) in [5, 5.41) is 9.12. The fourth-order valence-electron chi connectivity index (χ4n) is 3.03. The van der Waals surface area contributed by atoms with Gasteiger partial charge in [-0.3, -0.25) is 0 Å². The largest absolute Gasteiger partial charge is 0.497 e. The molecule has 0 aliphatic carbocycles. The second kappa shape index (κ2) is 5.38. The predicted octanol–water partition coefficient (Wildman–Crippen LogP) is 3.10. The van der Waals surface area contributed by atoms with Crippen molar-refractivity contribution in [1.29, 1.82) is 5.26 Å². The highest BCUT2D eigenvalue weighted by Crippen LogP contribution is 2.45. The van der Waals surface area contributed by atoms with Crippen LogP contribution in [0.5, 0.6) is 5.75 Å². The summed E-state index contributed by atoms with van der Waals surface area (Å²) in [7, 11) is 1.68. The molecule has 112 valence electrons. The van der Waals surface area contributed by atoms with Crippen LogP contribution in [0.15, 0.2) is 12.1 Å². The number of nitriles is 1. The molecule has 1 aliphatic rings. The van der Waals surface area contributed by atoms with Gasteiger partial charge in [0.15, 0.2) is 0 Å². The maximum atomic E-state index is 9.12. The molecule has 0 saturated carbocycles. The van der Waals surface area contributed by atoms with E-state index in [1.165, 1.54) is 0 Å². The molecule has 0 radical (unpaired) electrons. The van der Waals surface area contributed by atoms with Gasteiger partial charge in [0.2, 0.25) is 0 Å². The molecule has 1 aromatic rings.